The Morgan fingerprint density at radius 3 is 2.86 bits per heavy atom. The van der Waals surface area contributed by atoms with Gasteiger partial charge in [0.05, 0.1) is 12.2 Å². The predicted molar refractivity (Wildman–Crippen MR) is 82.8 cm³/mol. The molecule has 3 unspecified atom stereocenters. The molecule has 0 aliphatic carbocycles. The van der Waals surface area contributed by atoms with Gasteiger partial charge in [-0.3, -0.25) is 11.3 Å². The second-order valence-corrected chi connectivity index (χ2v) is 6.59. The summed E-state index contributed by atoms with van der Waals surface area (Å²) in [4.78, 5) is 0. The average molecular weight is 290 g/mol. The lowest BCUT2D eigenvalue weighted by atomic mass is 9.78. The predicted octanol–water partition coefficient (Wildman–Crippen LogP) is 2.39. The Hall–Kier alpha value is -0.940. The fourth-order valence-electron chi connectivity index (χ4n) is 3.87. The summed E-state index contributed by atoms with van der Waals surface area (Å²) in [7, 11) is 0. The van der Waals surface area contributed by atoms with E-state index in [9.17, 15) is 0 Å². The highest BCUT2D eigenvalue weighted by Crippen LogP contribution is 2.41. The molecule has 116 valence electrons. The zero-order valence-corrected chi connectivity index (χ0v) is 13.0. The van der Waals surface area contributed by atoms with Crippen molar-refractivity contribution in [2.75, 3.05) is 19.8 Å². The first-order valence-corrected chi connectivity index (χ1v) is 7.88. The van der Waals surface area contributed by atoms with E-state index in [1.807, 2.05) is 0 Å². The van der Waals surface area contributed by atoms with Crippen LogP contribution in [0.5, 0.6) is 0 Å². The van der Waals surface area contributed by atoms with Crippen LogP contribution in [0.25, 0.3) is 0 Å². The molecule has 1 spiro atoms. The van der Waals surface area contributed by atoms with E-state index in [1.54, 1.807) is 0 Å². The molecule has 21 heavy (non-hydrogen) atoms. The van der Waals surface area contributed by atoms with Gasteiger partial charge in [-0.05, 0) is 43.7 Å². The van der Waals surface area contributed by atoms with Gasteiger partial charge < -0.3 is 9.47 Å². The van der Waals surface area contributed by atoms with Crippen molar-refractivity contribution in [2.45, 2.75) is 44.8 Å². The average Bonchev–Trinajstić information content (AvgIpc) is 2.90. The molecule has 3 N–H and O–H groups in total. The number of aryl methyl sites for hydroxylation is 2. The largest absolute Gasteiger partial charge is 0.378 e. The summed E-state index contributed by atoms with van der Waals surface area (Å²) in [6, 6.07) is 6.79. The van der Waals surface area contributed by atoms with Gasteiger partial charge in [-0.15, -0.1) is 0 Å². The van der Waals surface area contributed by atoms with E-state index in [-0.39, 0.29) is 11.6 Å². The third-order valence-electron chi connectivity index (χ3n) is 5.01. The monoisotopic (exact) mass is 290 g/mol. The highest BCUT2D eigenvalue weighted by Gasteiger charge is 2.43. The second-order valence-electron chi connectivity index (χ2n) is 6.59. The van der Waals surface area contributed by atoms with Crippen LogP contribution < -0.4 is 11.3 Å². The van der Waals surface area contributed by atoms with Gasteiger partial charge in [0.25, 0.3) is 0 Å². The van der Waals surface area contributed by atoms with Crippen molar-refractivity contribution < 1.29 is 9.47 Å². The maximum Gasteiger partial charge on any atom is 0.0940 e. The maximum absolute atomic E-state index is 6.04. The van der Waals surface area contributed by atoms with Crippen LogP contribution in [-0.4, -0.2) is 25.4 Å². The van der Waals surface area contributed by atoms with Crippen molar-refractivity contribution in [1.82, 2.24) is 5.43 Å². The standard InChI is InChI=1S/C17H26N2O2/c1-12-3-4-15(13(2)9-12)16(19-18)14-5-7-21-17(10-14)6-8-20-11-17/h3-4,9,14,16,19H,5-8,10-11,18H2,1-2H3. The molecule has 0 saturated carbocycles. The molecule has 2 heterocycles. The lowest BCUT2D eigenvalue weighted by Crippen LogP contribution is -2.45. The molecule has 0 aromatic heterocycles. The van der Waals surface area contributed by atoms with E-state index in [4.69, 9.17) is 15.3 Å². The lowest BCUT2D eigenvalue weighted by Gasteiger charge is -2.40. The number of hydrogen-bond acceptors (Lipinski definition) is 4. The molecule has 1 aromatic rings. The van der Waals surface area contributed by atoms with E-state index in [0.717, 1.165) is 39.1 Å². The minimum atomic E-state index is -0.0728. The molecule has 4 nitrogen and oxygen atoms in total. The van der Waals surface area contributed by atoms with Gasteiger partial charge in [0.1, 0.15) is 0 Å². The maximum atomic E-state index is 6.04. The highest BCUT2D eigenvalue weighted by molar-refractivity contribution is 5.33. The Labute approximate surface area is 127 Å². The van der Waals surface area contributed by atoms with E-state index < -0.39 is 0 Å². The molecule has 2 fully saturated rings. The molecule has 2 saturated heterocycles. The van der Waals surface area contributed by atoms with Crippen LogP contribution in [-0.2, 0) is 9.47 Å². The Morgan fingerprint density at radius 2 is 2.19 bits per heavy atom. The lowest BCUT2D eigenvalue weighted by molar-refractivity contribution is -0.103. The summed E-state index contributed by atoms with van der Waals surface area (Å²) in [5.41, 5.74) is 6.89. The van der Waals surface area contributed by atoms with Gasteiger partial charge in [-0.2, -0.15) is 0 Å². The van der Waals surface area contributed by atoms with E-state index >= 15 is 0 Å². The Balaban J connectivity index is 1.82. The molecule has 0 amide bonds. The van der Waals surface area contributed by atoms with Crippen molar-refractivity contribution in [1.29, 1.82) is 0 Å². The first-order valence-electron chi connectivity index (χ1n) is 7.88. The number of ether oxygens (including phenoxy) is 2. The van der Waals surface area contributed by atoms with Crippen molar-refractivity contribution in [3.63, 3.8) is 0 Å². The molecular weight excluding hydrogens is 264 g/mol. The van der Waals surface area contributed by atoms with Crippen LogP contribution in [0.4, 0.5) is 0 Å². The molecule has 2 aliphatic heterocycles. The minimum absolute atomic E-state index is 0.0728. The number of rotatable bonds is 3. The Kier molecular flexibility index (Phi) is 4.31. The van der Waals surface area contributed by atoms with Crippen LogP contribution in [0.2, 0.25) is 0 Å². The number of hydrazine groups is 1. The first kappa shape index (κ1) is 15.0. The number of benzene rings is 1. The summed E-state index contributed by atoms with van der Waals surface area (Å²) < 4.78 is 11.6. The van der Waals surface area contributed by atoms with Crippen LogP contribution in [0.1, 0.15) is 42.0 Å². The topological polar surface area (TPSA) is 56.5 Å². The molecule has 0 radical (unpaired) electrons. The summed E-state index contributed by atoms with van der Waals surface area (Å²) in [5, 5.41) is 0. The van der Waals surface area contributed by atoms with E-state index in [0.29, 0.717) is 5.92 Å². The van der Waals surface area contributed by atoms with Gasteiger partial charge in [0, 0.05) is 25.7 Å². The molecule has 4 heteroatoms. The second kappa shape index (κ2) is 6.05. The zero-order chi connectivity index (χ0) is 14.9. The Bertz CT molecular complexity index is 498. The van der Waals surface area contributed by atoms with E-state index in [1.165, 1.54) is 16.7 Å². The number of hydrogen-bond donors (Lipinski definition) is 2. The number of nitrogens with two attached hydrogens (primary N) is 1. The van der Waals surface area contributed by atoms with Crippen molar-refractivity contribution in [3.05, 3.63) is 34.9 Å². The van der Waals surface area contributed by atoms with Gasteiger partial charge >= 0.3 is 0 Å². The van der Waals surface area contributed by atoms with E-state index in [2.05, 4.69) is 37.5 Å². The van der Waals surface area contributed by atoms with Crippen LogP contribution in [0.3, 0.4) is 0 Å². The summed E-state index contributed by atoms with van der Waals surface area (Å²) in [5.74, 6) is 6.40. The minimum Gasteiger partial charge on any atom is -0.378 e. The summed E-state index contributed by atoms with van der Waals surface area (Å²) in [6.45, 7) is 6.64. The third-order valence-corrected chi connectivity index (χ3v) is 5.01. The van der Waals surface area contributed by atoms with Crippen LogP contribution in [0.15, 0.2) is 18.2 Å². The molecular formula is C17H26N2O2. The molecule has 3 rings (SSSR count). The SMILES string of the molecule is Cc1ccc(C(NN)C2CCOC3(CCOC3)C2)c(C)c1. The van der Waals surface area contributed by atoms with Crippen LogP contribution in [0, 0.1) is 19.8 Å². The summed E-state index contributed by atoms with van der Waals surface area (Å²) >= 11 is 0. The van der Waals surface area contributed by atoms with Gasteiger partial charge in [-0.1, -0.05) is 23.8 Å². The zero-order valence-electron chi connectivity index (χ0n) is 13.0. The fraction of sp³-hybridized carbons (Fsp3) is 0.647. The highest BCUT2D eigenvalue weighted by atomic mass is 16.6. The van der Waals surface area contributed by atoms with Crippen molar-refractivity contribution in [2.24, 2.45) is 11.8 Å². The summed E-state index contributed by atoms with van der Waals surface area (Å²) in [6.07, 6.45) is 3.08. The van der Waals surface area contributed by atoms with Gasteiger partial charge in [0.2, 0.25) is 0 Å². The van der Waals surface area contributed by atoms with Gasteiger partial charge in [-0.25, -0.2) is 0 Å². The normalized spacial score (nSPS) is 30.7. The first-order chi connectivity index (χ1) is 10.1. The third kappa shape index (κ3) is 2.99. The molecule has 3 atom stereocenters. The van der Waals surface area contributed by atoms with Crippen LogP contribution >= 0.6 is 0 Å². The number of nitrogens with one attached hydrogen (secondary N) is 1. The van der Waals surface area contributed by atoms with Crippen molar-refractivity contribution in [3.8, 4) is 0 Å². The van der Waals surface area contributed by atoms with Gasteiger partial charge in [0.15, 0.2) is 0 Å². The van der Waals surface area contributed by atoms with Crippen molar-refractivity contribution >= 4 is 0 Å². The fourth-order valence-corrected chi connectivity index (χ4v) is 3.87. The smallest absolute Gasteiger partial charge is 0.0940 e. The molecule has 2 aliphatic rings. The quantitative estimate of drug-likeness (QED) is 0.663. The Morgan fingerprint density at radius 1 is 1.33 bits per heavy atom. The molecule has 1 aromatic carbocycles. The molecule has 0 bridgehead atoms.